The first-order chi connectivity index (χ1) is 9.33. The van der Waals surface area contributed by atoms with Crippen LogP contribution in [0.5, 0.6) is 0 Å². The van der Waals surface area contributed by atoms with Crippen LogP contribution in [0.25, 0.3) is 0 Å². The molecule has 2 nitrogen and oxygen atoms in total. The molecule has 106 valence electrons. The minimum absolute atomic E-state index is 0.271. The molecule has 0 radical (unpaired) electrons. The van der Waals surface area contributed by atoms with E-state index in [0.717, 1.165) is 24.9 Å². The molecule has 0 spiro atoms. The fourth-order valence-electron chi connectivity index (χ4n) is 4.27. The highest BCUT2D eigenvalue weighted by Gasteiger charge is 2.32. The number of hydrogen-bond acceptors (Lipinski definition) is 1. The van der Waals surface area contributed by atoms with Crippen molar-refractivity contribution in [3.8, 4) is 0 Å². The van der Waals surface area contributed by atoms with E-state index >= 15 is 0 Å². The van der Waals surface area contributed by atoms with Crippen LogP contribution >= 0.6 is 0 Å². The molecule has 1 aliphatic heterocycles. The molecule has 2 aliphatic carbocycles. The number of hydrogen-bond donors (Lipinski definition) is 0. The second-order valence-corrected chi connectivity index (χ2v) is 6.78. The van der Waals surface area contributed by atoms with Gasteiger partial charge in [-0.1, -0.05) is 44.6 Å². The topological polar surface area (TPSA) is 20.3 Å². The second-order valence-electron chi connectivity index (χ2n) is 6.78. The van der Waals surface area contributed by atoms with Gasteiger partial charge < -0.3 is 4.90 Å². The van der Waals surface area contributed by atoms with E-state index in [-0.39, 0.29) is 5.91 Å². The summed E-state index contributed by atoms with van der Waals surface area (Å²) in [6.45, 7) is 2.02. The predicted molar refractivity (Wildman–Crippen MR) is 77.7 cm³/mol. The lowest BCUT2D eigenvalue weighted by molar-refractivity contribution is -0.125. The summed E-state index contributed by atoms with van der Waals surface area (Å²) >= 11 is 0. The summed E-state index contributed by atoms with van der Waals surface area (Å²) in [7, 11) is 0. The highest BCUT2D eigenvalue weighted by molar-refractivity contribution is 5.87. The van der Waals surface area contributed by atoms with Crippen molar-refractivity contribution < 1.29 is 4.79 Å². The summed E-state index contributed by atoms with van der Waals surface area (Å²) in [6.07, 6.45) is 16.2. The Morgan fingerprint density at radius 1 is 0.895 bits per heavy atom. The van der Waals surface area contributed by atoms with Crippen LogP contribution in [0.3, 0.4) is 0 Å². The maximum Gasteiger partial charge on any atom is 0.246 e. The fourth-order valence-corrected chi connectivity index (χ4v) is 4.27. The Balaban J connectivity index is 1.48. The van der Waals surface area contributed by atoms with Crippen LogP contribution in [0.15, 0.2) is 12.2 Å². The first kappa shape index (κ1) is 13.2. The van der Waals surface area contributed by atoms with E-state index in [1.54, 1.807) is 0 Å². The number of likely N-dealkylation sites (tertiary alicyclic amines) is 1. The van der Waals surface area contributed by atoms with Crippen molar-refractivity contribution in [2.45, 2.75) is 57.8 Å². The van der Waals surface area contributed by atoms with Crippen molar-refractivity contribution in [3.63, 3.8) is 0 Å². The zero-order chi connectivity index (χ0) is 13.1. The van der Waals surface area contributed by atoms with Crippen LogP contribution in [0, 0.1) is 17.8 Å². The summed E-state index contributed by atoms with van der Waals surface area (Å²) in [5.74, 6) is 2.66. The lowest BCUT2D eigenvalue weighted by Gasteiger charge is -2.19. The number of amides is 1. The molecular weight excluding hydrogens is 234 g/mol. The van der Waals surface area contributed by atoms with Crippen molar-refractivity contribution >= 4 is 5.91 Å². The van der Waals surface area contributed by atoms with Crippen LogP contribution in [0.1, 0.15) is 57.8 Å². The molecule has 0 aromatic carbocycles. The number of carbonyl (C=O) groups is 1. The highest BCUT2D eigenvalue weighted by Crippen LogP contribution is 2.36. The summed E-state index contributed by atoms with van der Waals surface area (Å²) in [5.41, 5.74) is 0. The Morgan fingerprint density at radius 3 is 2.32 bits per heavy atom. The largest absolute Gasteiger partial charge is 0.339 e. The lowest BCUT2D eigenvalue weighted by Crippen LogP contribution is -2.28. The number of carbonyl (C=O) groups excluding carboxylic acids is 1. The van der Waals surface area contributed by atoms with Gasteiger partial charge in [0.1, 0.15) is 0 Å². The zero-order valence-electron chi connectivity index (χ0n) is 12.0. The van der Waals surface area contributed by atoms with E-state index in [1.807, 2.05) is 6.08 Å². The van der Waals surface area contributed by atoms with Crippen molar-refractivity contribution in [2.75, 3.05) is 13.1 Å². The molecule has 19 heavy (non-hydrogen) atoms. The standard InChI is InChI=1S/C17H27NO/c19-17(10-9-14-5-1-2-6-14)18-12-11-16(13-18)15-7-3-4-8-15/h9-10,14-16H,1-8,11-13H2/b10-9+. The van der Waals surface area contributed by atoms with Crippen LogP contribution in [0.2, 0.25) is 0 Å². The Labute approximate surface area is 117 Å². The third-order valence-corrected chi connectivity index (χ3v) is 5.51. The van der Waals surface area contributed by atoms with Crippen LogP contribution in [-0.4, -0.2) is 23.9 Å². The van der Waals surface area contributed by atoms with E-state index < -0.39 is 0 Å². The smallest absolute Gasteiger partial charge is 0.246 e. The molecule has 0 bridgehead atoms. The van der Waals surface area contributed by atoms with Gasteiger partial charge in [-0.15, -0.1) is 0 Å². The number of rotatable bonds is 3. The predicted octanol–water partition coefficient (Wildman–Crippen LogP) is 3.77. The van der Waals surface area contributed by atoms with E-state index in [1.165, 1.54) is 57.8 Å². The van der Waals surface area contributed by atoms with Crippen LogP contribution in [-0.2, 0) is 4.79 Å². The minimum atomic E-state index is 0.271. The van der Waals surface area contributed by atoms with E-state index in [9.17, 15) is 4.79 Å². The molecule has 0 aromatic rings. The van der Waals surface area contributed by atoms with Gasteiger partial charge in [0.05, 0.1) is 0 Å². The van der Waals surface area contributed by atoms with Crippen LogP contribution in [0.4, 0.5) is 0 Å². The molecule has 2 saturated carbocycles. The molecule has 0 N–H and O–H groups in total. The summed E-state index contributed by atoms with van der Waals surface area (Å²) in [6, 6.07) is 0. The first-order valence-corrected chi connectivity index (χ1v) is 8.30. The molecule has 2 heteroatoms. The van der Waals surface area contributed by atoms with Gasteiger partial charge in [-0.05, 0) is 43.1 Å². The van der Waals surface area contributed by atoms with E-state index in [2.05, 4.69) is 11.0 Å². The summed E-state index contributed by atoms with van der Waals surface area (Å²) in [5, 5.41) is 0. The summed E-state index contributed by atoms with van der Waals surface area (Å²) < 4.78 is 0. The minimum Gasteiger partial charge on any atom is -0.339 e. The van der Waals surface area contributed by atoms with Gasteiger partial charge in [0, 0.05) is 13.1 Å². The Bertz CT molecular complexity index is 337. The van der Waals surface area contributed by atoms with Crippen molar-refractivity contribution in [1.29, 1.82) is 0 Å². The van der Waals surface area contributed by atoms with Crippen molar-refractivity contribution in [3.05, 3.63) is 12.2 Å². The third kappa shape index (κ3) is 3.21. The molecule has 1 atom stereocenters. The molecule has 3 rings (SSSR count). The van der Waals surface area contributed by atoms with Gasteiger partial charge in [0.2, 0.25) is 5.91 Å². The molecule has 0 aromatic heterocycles. The molecule has 3 aliphatic rings. The van der Waals surface area contributed by atoms with Gasteiger partial charge in [-0.25, -0.2) is 0 Å². The van der Waals surface area contributed by atoms with Crippen molar-refractivity contribution in [2.24, 2.45) is 17.8 Å². The van der Waals surface area contributed by atoms with Gasteiger partial charge >= 0.3 is 0 Å². The van der Waals surface area contributed by atoms with Gasteiger partial charge in [0.25, 0.3) is 0 Å². The quantitative estimate of drug-likeness (QED) is 0.708. The van der Waals surface area contributed by atoms with Gasteiger partial charge in [0.15, 0.2) is 0 Å². The number of allylic oxidation sites excluding steroid dienone is 1. The molecule has 1 heterocycles. The van der Waals surface area contributed by atoms with Crippen molar-refractivity contribution in [1.82, 2.24) is 4.90 Å². The summed E-state index contributed by atoms with van der Waals surface area (Å²) in [4.78, 5) is 14.3. The monoisotopic (exact) mass is 261 g/mol. The third-order valence-electron chi connectivity index (χ3n) is 5.51. The fraction of sp³-hybridized carbons (Fsp3) is 0.824. The Morgan fingerprint density at radius 2 is 1.58 bits per heavy atom. The van der Waals surface area contributed by atoms with Gasteiger partial charge in [-0.2, -0.15) is 0 Å². The average molecular weight is 261 g/mol. The lowest BCUT2D eigenvalue weighted by atomic mass is 9.90. The zero-order valence-corrected chi connectivity index (χ0v) is 12.0. The van der Waals surface area contributed by atoms with E-state index in [0.29, 0.717) is 5.92 Å². The molecule has 1 saturated heterocycles. The highest BCUT2D eigenvalue weighted by atomic mass is 16.2. The maximum absolute atomic E-state index is 12.2. The molecular formula is C17H27NO. The van der Waals surface area contributed by atoms with E-state index in [4.69, 9.17) is 0 Å². The SMILES string of the molecule is O=C(/C=C/C1CCCC1)N1CCC(C2CCCC2)C1. The normalized spacial score (nSPS) is 29.9. The van der Waals surface area contributed by atoms with Crippen LogP contribution < -0.4 is 0 Å². The molecule has 1 unspecified atom stereocenters. The second kappa shape index (κ2) is 6.11. The first-order valence-electron chi connectivity index (χ1n) is 8.30. The average Bonchev–Trinajstić information content (AvgIpc) is 3.14. The molecule has 3 fully saturated rings. The number of nitrogens with zero attached hydrogens (tertiary/aromatic N) is 1. The Kier molecular flexibility index (Phi) is 4.24. The maximum atomic E-state index is 12.2. The Hall–Kier alpha value is -0.790. The molecule has 1 amide bonds. The van der Waals surface area contributed by atoms with Gasteiger partial charge in [-0.3, -0.25) is 4.79 Å².